The smallest absolute Gasteiger partial charge is 0.148 e. The predicted molar refractivity (Wildman–Crippen MR) is 82.6 cm³/mol. The lowest BCUT2D eigenvalue weighted by atomic mass is 10.1. The Morgan fingerprint density at radius 2 is 2.26 bits per heavy atom. The van der Waals surface area contributed by atoms with Crippen molar-refractivity contribution in [3.05, 3.63) is 11.9 Å². The van der Waals surface area contributed by atoms with Crippen LogP contribution in [0.2, 0.25) is 0 Å². The molecular formula is C13H23N5S. The van der Waals surface area contributed by atoms with Gasteiger partial charge in [-0.05, 0) is 20.3 Å². The molecular weight excluding hydrogens is 258 g/mol. The van der Waals surface area contributed by atoms with Gasteiger partial charge in [0.25, 0.3) is 0 Å². The highest BCUT2D eigenvalue weighted by Crippen LogP contribution is 2.34. The SMILES string of the molecule is CCCc1c(NN)ncnc1N1CCSC(C)(C)C1. The van der Waals surface area contributed by atoms with Crippen molar-refractivity contribution in [1.29, 1.82) is 0 Å². The second kappa shape index (κ2) is 5.96. The van der Waals surface area contributed by atoms with E-state index in [-0.39, 0.29) is 4.75 Å². The van der Waals surface area contributed by atoms with Crippen LogP contribution in [0.5, 0.6) is 0 Å². The van der Waals surface area contributed by atoms with Gasteiger partial charge in [-0.15, -0.1) is 0 Å². The lowest BCUT2D eigenvalue weighted by Gasteiger charge is -2.39. The number of anilines is 2. The monoisotopic (exact) mass is 281 g/mol. The normalized spacial score (nSPS) is 18.4. The summed E-state index contributed by atoms with van der Waals surface area (Å²) in [7, 11) is 0. The van der Waals surface area contributed by atoms with Crippen LogP contribution in [0, 0.1) is 0 Å². The van der Waals surface area contributed by atoms with Crippen molar-refractivity contribution in [1.82, 2.24) is 9.97 Å². The molecule has 1 aliphatic rings. The van der Waals surface area contributed by atoms with E-state index in [9.17, 15) is 0 Å². The Kier molecular flexibility index (Phi) is 4.52. The number of nitrogen functional groups attached to an aromatic ring is 1. The van der Waals surface area contributed by atoms with Crippen molar-refractivity contribution in [2.75, 3.05) is 29.2 Å². The molecule has 3 N–H and O–H groups in total. The lowest BCUT2D eigenvalue weighted by molar-refractivity contribution is 0.638. The molecule has 1 aromatic heterocycles. The van der Waals surface area contributed by atoms with Crippen LogP contribution in [0.1, 0.15) is 32.8 Å². The molecule has 1 aromatic rings. The third-order valence-electron chi connectivity index (χ3n) is 3.28. The number of nitrogens with one attached hydrogen (secondary N) is 1. The van der Waals surface area contributed by atoms with E-state index in [2.05, 4.69) is 41.1 Å². The largest absolute Gasteiger partial charge is 0.354 e. The van der Waals surface area contributed by atoms with E-state index in [0.717, 1.165) is 48.9 Å². The highest BCUT2D eigenvalue weighted by molar-refractivity contribution is 8.00. The first-order valence-corrected chi connectivity index (χ1v) is 7.75. The van der Waals surface area contributed by atoms with Gasteiger partial charge in [0.05, 0.1) is 0 Å². The summed E-state index contributed by atoms with van der Waals surface area (Å²) in [5.41, 5.74) is 3.83. The van der Waals surface area contributed by atoms with Crippen molar-refractivity contribution < 1.29 is 0 Å². The van der Waals surface area contributed by atoms with Crippen LogP contribution in [0.3, 0.4) is 0 Å². The Hall–Kier alpha value is -1.01. The van der Waals surface area contributed by atoms with Crippen LogP contribution in [-0.4, -0.2) is 33.6 Å². The van der Waals surface area contributed by atoms with E-state index in [1.807, 2.05) is 11.8 Å². The van der Waals surface area contributed by atoms with Crippen molar-refractivity contribution in [2.24, 2.45) is 5.84 Å². The highest BCUT2D eigenvalue weighted by atomic mass is 32.2. The van der Waals surface area contributed by atoms with E-state index in [4.69, 9.17) is 5.84 Å². The van der Waals surface area contributed by atoms with Crippen LogP contribution in [0.15, 0.2) is 6.33 Å². The second-order valence-electron chi connectivity index (χ2n) is 5.45. The Labute approximate surface area is 119 Å². The minimum Gasteiger partial charge on any atom is -0.354 e. The van der Waals surface area contributed by atoms with Crippen LogP contribution in [-0.2, 0) is 6.42 Å². The highest BCUT2D eigenvalue weighted by Gasteiger charge is 2.29. The Morgan fingerprint density at radius 1 is 1.47 bits per heavy atom. The molecule has 0 radical (unpaired) electrons. The molecule has 0 atom stereocenters. The average Bonchev–Trinajstić information content (AvgIpc) is 2.38. The maximum Gasteiger partial charge on any atom is 0.148 e. The molecule has 0 amide bonds. The molecule has 5 nitrogen and oxygen atoms in total. The first-order chi connectivity index (χ1) is 9.07. The molecule has 0 aliphatic carbocycles. The zero-order valence-electron chi connectivity index (χ0n) is 11.9. The molecule has 2 rings (SSSR count). The molecule has 1 aliphatic heterocycles. The number of nitrogens with two attached hydrogens (primary N) is 1. The second-order valence-corrected chi connectivity index (χ2v) is 7.25. The molecule has 0 spiro atoms. The van der Waals surface area contributed by atoms with Crippen molar-refractivity contribution in [3.8, 4) is 0 Å². The van der Waals surface area contributed by atoms with Gasteiger partial charge in [-0.25, -0.2) is 15.8 Å². The van der Waals surface area contributed by atoms with Crippen LogP contribution in [0.4, 0.5) is 11.6 Å². The van der Waals surface area contributed by atoms with Crippen molar-refractivity contribution in [2.45, 2.75) is 38.4 Å². The number of thioether (sulfide) groups is 1. The van der Waals surface area contributed by atoms with Crippen LogP contribution < -0.4 is 16.2 Å². The quantitative estimate of drug-likeness (QED) is 0.650. The summed E-state index contributed by atoms with van der Waals surface area (Å²) in [6.45, 7) is 8.77. The summed E-state index contributed by atoms with van der Waals surface area (Å²) in [4.78, 5) is 11.1. The third kappa shape index (κ3) is 3.30. The molecule has 0 unspecified atom stereocenters. The predicted octanol–water partition coefficient (Wildman–Crippen LogP) is 2.05. The molecule has 19 heavy (non-hydrogen) atoms. The van der Waals surface area contributed by atoms with Gasteiger partial charge in [0.1, 0.15) is 18.0 Å². The Morgan fingerprint density at radius 3 is 2.89 bits per heavy atom. The van der Waals surface area contributed by atoms with Gasteiger partial charge in [-0.3, -0.25) is 0 Å². The molecule has 6 heteroatoms. The Bertz CT molecular complexity index is 435. The maximum absolute atomic E-state index is 5.57. The van der Waals surface area contributed by atoms with Crippen molar-refractivity contribution >= 4 is 23.4 Å². The first kappa shape index (κ1) is 14.4. The fourth-order valence-electron chi connectivity index (χ4n) is 2.48. The van der Waals surface area contributed by atoms with Gasteiger partial charge in [-0.2, -0.15) is 11.8 Å². The van der Waals surface area contributed by atoms with E-state index < -0.39 is 0 Å². The van der Waals surface area contributed by atoms with E-state index >= 15 is 0 Å². The number of hydrogen-bond donors (Lipinski definition) is 2. The molecule has 0 saturated carbocycles. The summed E-state index contributed by atoms with van der Waals surface area (Å²) in [5, 5.41) is 0. The molecule has 1 fully saturated rings. The topological polar surface area (TPSA) is 67.1 Å². The van der Waals surface area contributed by atoms with Gasteiger partial charge >= 0.3 is 0 Å². The van der Waals surface area contributed by atoms with Gasteiger partial charge < -0.3 is 10.3 Å². The summed E-state index contributed by atoms with van der Waals surface area (Å²) >= 11 is 2.02. The van der Waals surface area contributed by atoms with Gasteiger partial charge in [0.2, 0.25) is 0 Å². The summed E-state index contributed by atoms with van der Waals surface area (Å²) in [6.07, 6.45) is 3.60. The zero-order chi connectivity index (χ0) is 13.9. The van der Waals surface area contributed by atoms with Crippen LogP contribution in [0.25, 0.3) is 0 Å². The number of nitrogens with zero attached hydrogens (tertiary/aromatic N) is 3. The number of aromatic nitrogens is 2. The number of hydrazine groups is 1. The van der Waals surface area contributed by atoms with E-state index in [1.165, 1.54) is 0 Å². The molecule has 106 valence electrons. The maximum atomic E-state index is 5.57. The van der Waals surface area contributed by atoms with Gasteiger partial charge in [0.15, 0.2) is 0 Å². The Balaban J connectivity index is 2.32. The number of hydrogen-bond acceptors (Lipinski definition) is 6. The standard InChI is InChI=1S/C13H23N5S/c1-4-5-10-11(17-14)15-9-16-12(10)18-6-7-19-13(2,3)8-18/h9H,4-8,14H2,1-3H3,(H,15,16,17). The first-order valence-electron chi connectivity index (χ1n) is 6.77. The summed E-state index contributed by atoms with van der Waals surface area (Å²) < 4.78 is 0.267. The summed E-state index contributed by atoms with van der Waals surface area (Å²) in [6, 6.07) is 0. The molecule has 0 bridgehead atoms. The van der Waals surface area contributed by atoms with Crippen molar-refractivity contribution in [3.63, 3.8) is 0 Å². The van der Waals surface area contributed by atoms with E-state index in [0.29, 0.717) is 0 Å². The van der Waals surface area contributed by atoms with E-state index in [1.54, 1.807) is 6.33 Å². The van der Waals surface area contributed by atoms with Crippen LogP contribution >= 0.6 is 11.8 Å². The molecule has 1 saturated heterocycles. The van der Waals surface area contributed by atoms with Gasteiger partial charge in [-0.1, -0.05) is 13.3 Å². The number of rotatable bonds is 4. The third-order valence-corrected chi connectivity index (χ3v) is 4.58. The fraction of sp³-hybridized carbons (Fsp3) is 0.692. The minimum absolute atomic E-state index is 0.267. The minimum atomic E-state index is 0.267. The van der Waals surface area contributed by atoms with Gasteiger partial charge in [0, 0.05) is 29.2 Å². The lowest BCUT2D eigenvalue weighted by Crippen LogP contribution is -2.44. The zero-order valence-corrected chi connectivity index (χ0v) is 12.8. The average molecular weight is 281 g/mol. The molecule has 0 aromatic carbocycles. The molecule has 2 heterocycles. The summed E-state index contributed by atoms with van der Waals surface area (Å²) in [5.74, 6) is 8.50. The fourth-order valence-corrected chi connectivity index (χ4v) is 3.59.